The molecular formula is C17H13ClN4O2. The van der Waals surface area contributed by atoms with Gasteiger partial charge in [-0.05, 0) is 30.3 Å². The Bertz CT molecular complexity index is 875. The van der Waals surface area contributed by atoms with Crippen molar-refractivity contribution in [2.24, 2.45) is 0 Å². The molecule has 2 aromatic heterocycles. The molecule has 0 aliphatic carbocycles. The van der Waals surface area contributed by atoms with Crippen LogP contribution in [0.2, 0.25) is 5.02 Å². The zero-order valence-electron chi connectivity index (χ0n) is 12.6. The van der Waals surface area contributed by atoms with Crippen molar-refractivity contribution in [1.82, 2.24) is 20.0 Å². The molecule has 24 heavy (non-hydrogen) atoms. The second kappa shape index (κ2) is 6.05. The van der Waals surface area contributed by atoms with E-state index in [2.05, 4.69) is 15.1 Å². The number of rotatable bonds is 3. The number of carbonyl (C=O) groups excluding carboxylic acids is 1. The number of aromatic nitrogens is 3. The monoisotopic (exact) mass is 340 g/mol. The number of halogens is 1. The fourth-order valence-corrected chi connectivity index (χ4v) is 2.81. The topological polar surface area (TPSA) is 72.1 Å². The van der Waals surface area contributed by atoms with Crippen molar-refractivity contribution in [3.8, 4) is 11.4 Å². The van der Waals surface area contributed by atoms with Gasteiger partial charge in [0.2, 0.25) is 11.7 Å². The van der Waals surface area contributed by atoms with Crippen LogP contribution in [0.25, 0.3) is 11.4 Å². The minimum atomic E-state index is -0.0410. The summed E-state index contributed by atoms with van der Waals surface area (Å²) >= 11 is 5.93. The molecule has 0 N–H and O–H groups in total. The molecule has 1 aliphatic heterocycles. The van der Waals surface area contributed by atoms with Gasteiger partial charge in [0.05, 0.1) is 5.92 Å². The summed E-state index contributed by atoms with van der Waals surface area (Å²) in [7, 11) is 0. The highest BCUT2D eigenvalue weighted by atomic mass is 35.5. The lowest BCUT2D eigenvalue weighted by Gasteiger charge is -2.37. The number of hydrogen-bond donors (Lipinski definition) is 0. The van der Waals surface area contributed by atoms with Crippen LogP contribution in [0, 0.1) is 0 Å². The first-order valence-corrected chi connectivity index (χ1v) is 7.87. The molecule has 1 fully saturated rings. The highest BCUT2D eigenvalue weighted by Gasteiger charge is 2.36. The lowest BCUT2D eigenvalue weighted by Crippen LogP contribution is -2.48. The fraction of sp³-hybridized carbons (Fsp3) is 0.176. The van der Waals surface area contributed by atoms with Crippen LogP contribution in [0.5, 0.6) is 0 Å². The van der Waals surface area contributed by atoms with Gasteiger partial charge in [-0.2, -0.15) is 4.98 Å². The summed E-state index contributed by atoms with van der Waals surface area (Å²) in [6, 6.07) is 10.6. The second-order valence-electron chi connectivity index (χ2n) is 5.62. The van der Waals surface area contributed by atoms with Gasteiger partial charge in [-0.3, -0.25) is 9.78 Å². The first-order valence-electron chi connectivity index (χ1n) is 7.49. The van der Waals surface area contributed by atoms with Crippen LogP contribution in [-0.2, 0) is 0 Å². The third-order valence-electron chi connectivity index (χ3n) is 3.95. The molecule has 0 radical (unpaired) electrons. The summed E-state index contributed by atoms with van der Waals surface area (Å²) in [5.41, 5.74) is 1.39. The average Bonchev–Trinajstić information content (AvgIpc) is 3.04. The smallest absolute Gasteiger partial charge is 0.253 e. The first kappa shape index (κ1) is 14.8. The van der Waals surface area contributed by atoms with Crippen LogP contribution in [0.4, 0.5) is 0 Å². The standard InChI is InChI=1S/C17H13ClN4O2/c18-14-5-1-3-11(7-14)17(23)22-9-13(10-22)16-20-15(21-24-16)12-4-2-6-19-8-12/h1-8,13H,9-10H2. The number of pyridine rings is 1. The average molecular weight is 341 g/mol. The van der Waals surface area contributed by atoms with E-state index >= 15 is 0 Å². The molecule has 0 saturated carbocycles. The molecular weight excluding hydrogens is 328 g/mol. The molecule has 0 atom stereocenters. The molecule has 120 valence electrons. The lowest BCUT2D eigenvalue weighted by molar-refractivity contribution is 0.0569. The summed E-state index contributed by atoms with van der Waals surface area (Å²) in [4.78, 5) is 22.6. The molecule has 0 spiro atoms. The van der Waals surface area contributed by atoms with Gasteiger partial charge >= 0.3 is 0 Å². The van der Waals surface area contributed by atoms with E-state index in [1.807, 2.05) is 12.1 Å². The quantitative estimate of drug-likeness (QED) is 0.732. The maximum absolute atomic E-state index is 12.4. The molecule has 1 saturated heterocycles. The van der Waals surface area contributed by atoms with E-state index < -0.39 is 0 Å². The summed E-state index contributed by atoms with van der Waals surface area (Å²) in [5, 5.41) is 4.53. The number of carbonyl (C=O) groups is 1. The predicted molar refractivity (Wildman–Crippen MR) is 87.6 cm³/mol. The Morgan fingerprint density at radius 2 is 2.12 bits per heavy atom. The van der Waals surface area contributed by atoms with E-state index in [1.54, 1.807) is 41.6 Å². The molecule has 7 heteroatoms. The Balaban J connectivity index is 1.43. The number of likely N-dealkylation sites (tertiary alicyclic amines) is 1. The van der Waals surface area contributed by atoms with E-state index in [4.69, 9.17) is 16.1 Å². The van der Waals surface area contributed by atoms with Gasteiger partial charge < -0.3 is 9.42 Å². The van der Waals surface area contributed by atoms with Crippen LogP contribution in [0.15, 0.2) is 53.3 Å². The van der Waals surface area contributed by atoms with Gasteiger partial charge in [0, 0.05) is 41.6 Å². The summed E-state index contributed by atoms with van der Waals surface area (Å²) in [6.45, 7) is 1.11. The maximum atomic E-state index is 12.4. The Morgan fingerprint density at radius 3 is 2.88 bits per heavy atom. The minimum Gasteiger partial charge on any atom is -0.339 e. The van der Waals surface area contributed by atoms with E-state index in [0.717, 1.165) is 5.56 Å². The molecule has 4 rings (SSSR count). The number of amides is 1. The Hall–Kier alpha value is -2.73. The number of benzene rings is 1. The summed E-state index contributed by atoms with van der Waals surface area (Å²) in [6.07, 6.45) is 3.38. The van der Waals surface area contributed by atoms with Crippen LogP contribution in [-0.4, -0.2) is 39.0 Å². The summed E-state index contributed by atoms with van der Waals surface area (Å²) in [5.74, 6) is 1.08. The fourth-order valence-electron chi connectivity index (χ4n) is 2.62. The minimum absolute atomic E-state index is 0.0410. The predicted octanol–water partition coefficient (Wildman–Crippen LogP) is 3.02. The van der Waals surface area contributed by atoms with Gasteiger partial charge in [-0.15, -0.1) is 0 Å². The van der Waals surface area contributed by atoms with Crippen LogP contribution in [0.3, 0.4) is 0 Å². The highest BCUT2D eigenvalue weighted by Crippen LogP contribution is 2.29. The number of nitrogens with zero attached hydrogens (tertiary/aromatic N) is 4. The van der Waals surface area contributed by atoms with Crippen molar-refractivity contribution in [3.05, 3.63) is 65.3 Å². The van der Waals surface area contributed by atoms with Crippen LogP contribution >= 0.6 is 11.6 Å². The van der Waals surface area contributed by atoms with Crippen molar-refractivity contribution in [2.75, 3.05) is 13.1 Å². The summed E-state index contributed by atoms with van der Waals surface area (Å²) < 4.78 is 5.33. The van der Waals surface area contributed by atoms with E-state index in [0.29, 0.717) is 35.4 Å². The molecule has 3 heterocycles. The van der Waals surface area contributed by atoms with Gasteiger partial charge in [0.15, 0.2) is 0 Å². The SMILES string of the molecule is O=C(c1cccc(Cl)c1)N1CC(c2nc(-c3cccnc3)no2)C1. The largest absolute Gasteiger partial charge is 0.339 e. The molecule has 0 bridgehead atoms. The Labute approximate surface area is 143 Å². The molecule has 3 aromatic rings. The first-order chi connectivity index (χ1) is 11.7. The van der Waals surface area contributed by atoms with E-state index in [9.17, 15) is 4.79 Å². The maximum Gasteiger partial charge on any atom is 0.253 e. The third kappa shape index (κ3) is 2.76. The van der Waals surface area contributed by atoms with Crippen molar-refractivity contribution in [3.63, 3.8) is 0 Å². The Kier molecular flexibility index (Phi) is 3.74. The molecule has 0 unspecified atom stereocenters. The highest BCUT2D eigenvalue weighted by molar-refractivity contribution is 6.30. The third-order valence-corrected chi connectivity index (χ3v) is 4.19. The van der Waals surface area contributed by atoms with Gasteiger partial charge in [0.25, 0.3) is 5.91 Å². The van der Waals surface area contributed by atoms with Crippen LogP contribution < -0.4 is 0 Å². The zero-order chi connectivity index (χ0) is 16.5. The number of hydrogen-bond acceptors (Lipinski definition) is 5. The molecule has 1 aromatic carbocycles. The van der Waals surface area contributed by atoms with Crippen molar-refractivity contribution >= 4 is 17.5 Å². The lowest BCUT2D eigenvalue weighted by atomic mass is 9.99. The molecule has 6 nitrogen and oxygen atoms in total. The van der Waals surface area contributed by atoms with E-state index in [-0.39, 0.29) is 11.8 Å². The zero-order valence-corrected chi connectivity index (χ0v) is 13.3. The van der Waals surface area contributed by atoms with E-state index in [1.165, 1.54) is 0 Å². The van der Waals surface area contributed by atoms with Crippen molar-refractivity contribution in [2.45, 2.75) is 5.92 Å². The Morgan fingerprint density at radius 1 is 1.25 bits per heavy atom. The molecule has 1 aliphatic rings. The normalized spacial score (nSPS) is 14.5. The van der Waals surface area contributed by atoms with Gasteiger partial charge in [-0.1, -0.05) is 22.8 Å². The van der Waals surface area contributed by atoms with Crippen LogP contribution in [0.1, 0.15) is 22.2 Å². The van der Waals surface area contributed by atoms with Gasteiger partial charge in [-0.25, -0.2) is 0 Å². The second-order valence-corrected chi connectivity index (χ2v) is 6.05. The molecule has 1 amide bonds. The van der Waals surface area contributed by atoms with Gasteiger partial charge in [0.1, 0.15) is 0 Å². The van der Waals surface area contributed by atoms with Crippen molar-refractivity contribution < 1.29 is 9.32 Å². The van der Waals surface area contributed by atoms with Crippen molar-refractivity contribution in [1.29, 1.82) is 0 Å².